The summed E-state index contributed by atoms with van der Waals surface area (Å²) in [4.78, 5) is 21.0. The summed E-state index contributed by atoms with van der Waals surface area (Å²) in [5.41, 5.74) is 6.85. The van der Waals surface area contributed by atoms with Crippen molar-refractivity contribution in [3.05, 3.63) is 77.6 Å². The van der Waals surface area contributed by atoms with E-state index in [1.807, 2.05) is 30.6 Å². The molecule has 1 saturated carbocycles. The molecule has 1 aliphatic carbocycles. The Bertz CT molecular complexity index is 1330. The molecule has 5 heteroatoms. The number of pyridine rings is 1. The quantitative estimate of drug-likeness (QED) is 0.490. The first-order valence-corrected chi connectivity index (χ1v) is 10.7. The van der Waals surface area contributed by atoms with E-state index in [4.69, 9.17) is 4.74 Å². The van der Waals surface area contributed by atoms with Crippen molar-refractivity contribution >= 4 is 22.6 Å². The molecule has 2 aliphatic rings. The summed E-state index contributed by atoms with van der Waals surface area (Å²) in [7, 11) is 0. The van der Waals surface area contributed by atoms with Crippen molar-refractivity contribution in [2.45, 2.75) is 31.6 Å². The lowest BCUT2D eigenvalue weighted by Gasteiger charge is -2.18. The van der Waals surface area contributed by atoms with Crippen molar-refractivity contribution in [1.82, 2.24) is 9.97 Å². The Balaban J connectivity index is 1.29. The average molecular weight is 409 g/mol. The van der Waals surface area contributed by atoms with Crippen LogP contribution in [0.1, 0.15) is 29.5 Å². The fraction of sp³-hybridized carbons (Fsp3) is 0.231. The zero-order chi connectivity index (χ0) is 21.0. The lowest BCUT2D eigenvalue weighted by atomic mass is 9.92. The second-order valence-electron chi connectivity index (χ2n) is 8.63. The van der Waals surface area contributed by atoms with Gasteiger partial charge in [0.1, 0.15) is 11.4 Å². The fourth-order valence-electron chi connectivity index (χ4n) is 4.60. The van der Waals surface area contributed by atoms with Crippen LogP contribution in [0.5, 0.6) is 5.75 Å². The van der Waals surface area contributed by atoms with Gasteiger partial charge in [-0.1, -0.05) is 18.2 Å². The topological polar surface area (TPSA) is 67.0 Å². The summed E-state index contributed by atoms with van der Waals surface area (Å²) in [5, 5.41) is 4.26. The molecule has 0 spiro atoms. The van der Waals surface area contributed by atoms with Gasteiger partial charge in [0.25, 0.3) is 0 Å². The third kappa shape index (κ3) is 3.00. The predicted molar refractivity (Wildman–Crippen MR) is 121 cm³/mol. The van der Waals surface area contributed by atoms with E-state index in [9.17, 15) is 4.79 Å². The molecule has 2 N–H and O–H groups in total. The number of benzene rings is 2. The molecule has 2 aromatic carbocycles. The maximum Gasteiger partial charge on any atom is 0.235 e. The standard InChI is InChI=1S/C26H23N3O2/c1-16-2-4-21(14-22(16)19-12-18-6-10-27-24(18)28-15-19)29-25(30)26(8-9-26)20-3-5-23-17(13-20)7-11-31-23/h2-6,10,12-15H,7-9,11H2,1H3,(H,27,28)(H,29,30). The number of ether oxygens (including phenoxy) is 1. The van der Waals surface area contributed by atoms with Gasteiger partial charge in [0, 0.05) is 35.5 Å². The van der Waals surface area contributed by atoms with E-state index in [1.54, 1.807) is 0 Å². The Morgan fingerprint density at radius 2 is 2.03 bits per heavy atom. The number of anilines is 1. The zero-order valence-electron chi connectivity index (χ0n) is 17.4. The summed E-state index contributed by atoms with van der Waals surface area (Å²) < 4.78 is 5.62. The molecule has 4 aromatic rings. The highest BCUT2D eigenvalue weighted by Gasteiger charge is 2.51. The Labute approximate surface area is 180 Å². The third-order valence-electron chi connectivity index (χ3n) is 6.63. The molecule has 0 unspecified atom stereocenters. The van der Waals surface area contributed by atoms with Crippen LogP contribution < -0.4 is 10.1 Å². The first kappa shape index (κ1) is 18.2. The van der Waals surface area contributed by atoms with Crippen LogP contribution in [0.2, 0.25) is 0 Å². The molecule has 154 valence electrons. The first-order valence-electron chi connectivity index (χ1n) is 10.7. The van der Waals surface area contributed by atoms with E-state index in [2.05, 4.69) is 52.5 Å². The van der Waals surface area contributed by atoms with E-state index in [-0.39, 0.29) is 5.91 Å². The molecule has 31 heavy (non-hydrogen) atoms. The number of fused-ring (bicyclic) bond motifs is 2. The van der Waals surface area contributed by atoms with Gasteiger partial charge in [-0.3, -0.25) is 4.79 Å². The minimum Gasteiger partial charge on any atom is -0.493 e. The van der Waals surface area contributed by atoms with E-state index < -0.39 is 5.41 Å². The Morgan fingerprint density at radius 3 is 2.90 bits per heavy atom. The zero-order valence-corrected chi connectivity index (χ0v) is 17.4. The number of aryl methyl sites for hydroxylation is 1. The van der Waals surface area contributed by atoms with Crippen molar-refractivity contribution in [3.63, 3.8) is 0 Å². The van der Waals surface area contributed by atoms with E-state index in [1.165, 1.54) is 5.56 Å². The maximum absolute atomic E-state index is 13.3. The lowest BCUT2D eigenvalue weighted by Crippen LogP contribution is -2.27. The maximum atomic E-state index is 13.3. The second kappa shape index (κ2) is 6.71. The molecule has 1 fully saturated rings. The highest BCUT2D eigenvalue weighted by Crippen LogP contribution is 2.50. The van der Waals surface area contributed by atoms with Crippen LogP contribution >= 0.6 is 0 Å². The second-order valence-corrected chi connectivity index (χ2v) is 8.63. The van der Waals surface area contributed by atoms with E-state index >= 15 is 0 Å². The molecule has 1 amide bonds. The number of carbonyl (C=O) groups excluding carboxylic acids is 1. The van der Waals surface area contributed by atoms with Gasteiger partial charge in [-0.15, -0.1) is 0 Å². The van der Waals surface area contributed by atoms with Crippen molar-refractivity contribution in [3.8, 4) is 16.9 Å². The van der Waals surface area contributed by atoms with Gasteiger partial charge in [0.15, 0.2) is 0 Å². The molecule has 0 bridgehead atoms. The number of aromatic amines is 1. The third-order valence-corrected chi connectivity index (χ3v) is 6.63. The van der Waals surface area contributed by atoms with Crippen molar-refractivity contribution in [1.29, 1.82) is 0 Å². The normalized spacial score (nSPS) is 16.0. The Hall–Kier alpha value is -3.60. The molecule has 5 nitrogen and oxygen atoms in total. The van der Waals surface area contributed by atoms with Crippen LogP contribution in [0.25, 0.3) is 22.2 Å². The SMILES string of the molecule is Cc1ccc(NC(=O)C2(c3ccc4c(c3)CCO4)CC2)cc1-c1cnc2[nH]ccc2c1. The number of carbonyl (C=O) groups is 1. The molecule has 2 aromatic heterocycles. The number of nitrogens with one attached hydrogen (secondary N) is 2. The molecular formula is C26H23N3O2. The summed E-state index contributed by atoms with van der Waals surface area (Å²) in [6, 6.07) is 16.5. The minimum absolute atomic E-state index is 0.0698. The fourth-order valence-corrected chi connectivity index (χ4v) is 4.60. The molecule has 6 rings (SSSR count). The Kier molecular flexibility index (Phi) is 3.93. The number of rotatable bonds is 4. The van der Waals surface area contributed by atoms with Gasteiger partial charge in [0.2, 0.25) is 5.91 Å². The highest BCUT2D eigenvalue weighted by molar-refractivity contribution is 6.02. The highest BCUT2D eigenvalue weighted by atomic mass is 16.5. The number of nitrogens with zero attached hydrogens (tertiary/aromatic N) is 1. The molecule has 3 heterocycles. The van der Waals surface area contributed by atoms with Gasteiger partial charge in [-0.05, 0) is 72.4 Å². The van der Waals surface area contributed by atoms with Gasteiger partial charge in [-0.2, -0.15) is 0 Å². The van der Waals surface area contributed by atoms with Crippen LogP contribution in [-0.2, 0) is 16.6 Å². The first-order chi connectivity index (χ1) is 15.1. The number of H-pyrrole nitrogens is 1. The number of amides is 1. The summed E-state index contributed by atoms with van der Waals surface area (Å²) in [6.45, 7) is 2.81. The van der Waals surface area contributed by atoms with Gasteiger partial charge >= 0.3 is 0 Å². The van der Waals surface area contributed by atoms with Crippen molar-refractivity contribution in [2.24, 2.45) is 0 Å². The lowest BCUT2D eigenvalue weighted by molar-refractivity contribution is -0.118. The largest absolute Gasteiger partial charge is 0.493 e. The monoisotopic (exact) mass is 409 g/mol. The van der Waals surface area contributed by atoms with Gasteiger partial charge in [0.05, 0.1) is 12.0 Å². The summed E-state index contributed by atoms with van der Waals surface area (Å²) >= 11 is 0. The van der Waals surface area contributed by atoms with Crippen molar-refractivity contribution in [2.75, 3.05) is 11.9 Å². The minimum atomic E-state index is -0.422. The van der Waals surface area contributed by atoms with Crippen LogP contribution in [0.3, 0.4) is 0 Å². The van der Waals surface area contributed by atoms with Gasteiger partial charge < -0.3 is 15.0 Å². The molecule has 0 atom stereocenters. The van der Waals surface area contributed by atoms with E-state index in [0.29, 0.717) is 0 Å². The smallest absolute Gasteiger partial charge is 0.235 e. The average Bonchev–Trinajstić information content (AvgIpc) is 3.24. The number of aromatic nitrogens is 2. The van der Waals surface area contributed by atoms with E-state index in [0.717, 1.165) is 70.6 Å². The predicted octanol–water partition coefficient (Wildman–Crippen LogP) is 5.14. The molecule has 0 saturated heterocycles. The van der Waals surface area contributed by atoms with Crippen LogP contribution in [0.4, 0.5) is 5.69 Å². The van der Waals surface area contributed by atoms with Crippen molar-refractivity contribution < 1.29 is 9.53 Å². The summed E-state index contributed by atoms with van der Waals surface area (Å²) in [6.07, 6.45) is 6.45. The molecule has 1 aliphatic heterocycles. The number of hydrogen-bond donors (Lipinski definition) is 2. The molecule has 0 radical (unpaired) electrons. The number of hydrogen-bond acceptors (Lipinski definition) is 3. The molecular weight excluding hydrogens is 386 g/mol. The van der Waals surface area contributed by atoms with Crippen LogP contribution in [0.15, 0.2) is 60.9 Å². The van der Waals surface area contributed by atoms with Crippen LogP contribution in [-0.4, -0.2) is 22.5 Å². The van der Waals surface area contributed by atoms with Crippen LogP contribution in [0, 0.1) is 6.92 Å². The van der Waals surface area contributed by atoms with Gasteiger partial charge in [-0.25, -0.2) is 4.98 Å². The Morgan fingerprint density at radius 1 is 1.13 bits per heavy atom. The summed E-state index contributed by atoms with van der Waals surface area (Å²) in [5.74, 6) is 1.02.